The van der Waals surface area contributed by atoms with Gasteiger partial charge in [-0.2, -0.15) is 0 Å². The fourth-order valence-corrected chi connectivity index (χ4v) is 12.0. The molecule has 430 valence electrons. The van der Waals surface area contributed by atoms with Gasteiger partial charge in [-0.3, -0.25) is 14.4 Å². The number of aliphatic hydroxyl groups is 4. The zero-order valence-electron chi connectivity index (χ0n) is 46.5. The quantitative estimate of drug-likeness (QED) is 0.0592. The Balaban J connectivity index is 1.16. The molecule has 1 aliphatic carbocycles. The Kier molecular flexibility index (Phi) is 20.9. The number of likely N-dealkylation sites (N-methyl/N-ethyl adjacent to an activating group) is 2. The SMILES string of the molecule is CO[C@]1(C)C[C@H](O[C@H]2[C@@H](C)[C@@H](O[C@@H]3O[C@H](C)C[C@H](N(C)C)[C@H]3O)[C@](C)(O)C[C@@H](C)CN(C)[C@H](C)[C@@H](O)[C@](C)(O)[C@@H](I)OC(=O)[C@@H]2C)O[C@@H](C)[C@@H]1OC(=O)CCOCCNc1ccc2c(c1)c(=O)c(C(=O)O)cn2C1CC1. The minimum absolute atomic E-state index is 0.0191. The van der Waals surface area contributed by atoms with Crippen LogP contribution >= 0.6 is 22.6 Å². The van der Waals surface area contributed by atoms with Crippen molar-refractivity contribution in [2.24, 2.45) is 17.8 Å². The van der Waals surface area contributed by atoms with Crippen LogP contribution in [0.25, 0.3) is 10.9 Å². The van der Waals surface area contributed by atoms with Gasteiger partial charge in [0.15, 0.2) is 22.8 Å². The van der Waals surface area contributed by atoms with Gasteiger partial charge in [-0.15, -0.1) is 0 Å². The number of aromatic carboxylic acids is 1. The number of esters is 2. The number of hydrogen-bond acceptors (Lipinski definition) is 19. The Hall–Kier alpha value is -3.11. The number of anilines is 1. The minimum Gasteiger partial charge on any atom is -0.477 e. The van der Waals surface area contributed by atoms with Crippen molar-refractivity contribution in [1.82, 2.24) is 14.4 Å². The number of alkyl halides is 1. The molecule has 6 N–H and O–H groups in total. The molecule has 2 aromatic rings. The molecule has 76 heavy (non-hydrogen) atoms. The fraction of sp³-hybridized carbons (Fsp3) is 0.778. The van der Waals surface area contributed by atoms with Crippen LogP contribution in [0.1, 0.15) is 117 Å². The summed E-state index contributed by atoms with van der Waals surface area (Å²) in [5, 5.41) is 60.9. The molecule has 3 saturated heterocycles. The van der Waals surface area contributed by atoms with E-state index in [1.54, 1.807) is 53.7 Å². The lowest BCUT2D eigenvalue weighted by molar-refractivity contribution is -0.318. The van der Waals surface area contributed by atoms with Gasteiger partial charge in [0.1, 0.15) is 29.0 Å². The number of aliphatic hydroxyl groups excluding tert-OH is 2. The van der Waals surface area contributed by atoms with Crippen molar-refractivity contribution >= 4 is 57.1 Å². The molecule has 4 fully saturated rings. The van der Waals surface area contributed by atoms with Crippen molar-refractivity contribution in [2.75, 3.05) is 59.9 Å². The molecule has 22 heteroatoms. The third-order valence-electron chi connectivity index (χ3n) is 16.1. The second kappa shape index (κ2) is 25.6. The molecule has 0 bridgehead atoms. The van der Waals surface area contributed by atoms with Crippen molar-refractivity contribution in [1.29, 1.82) is 0 Å². The number of benzene rings is 1. The van der Waals surface area contributed by atoms with Crippen molar-refractivity contribution < 1.29 is 77.8 Å². The Morgan fingerprint density at radius 2 is 1.64 bits per heavy atom. The van der Waals surface area contributed by atoms with E-state index >= 15 is 0 Å². The Morgan fingerprint density at radius 3 is 2.28 bits per heavy atom. The van der Waals surface area contributed by atoms with Crippen LogP contribution in [0.3, 0.4) is 0 Å². The summed E-state index contributed by atoms with van der Waals surface area (Å²) in [6.07, 6.45) is -5.13. The summed E-state index contributed by atoms with van der Waals surface area (Å²) in [5.41, 5.74) is -4.24. The number of ether oxygens (including phenoxy) is 8. The third kappa shape index (κ3) is 14.4. The summed E-state index contributed by atoms with van der Waals surface area (Å²) in [6, 6.07) is 4.51. The van der Waals surface area contributed by atoms with Gasteiger partial charge < -0.3 is 83.1 Å². The monoisotopic (exact) mass is 1190 g/mol. The molecule has 6 rings (SSSR count). The molecule has 1 saturated carbocycles. The smallest absolute Gasteiger partial charge is 0.341 e. The van der Waals surface area contributed by atoms with Crippen molar-refractivity contribution in [3.8, 4) is 0 Å². The number of carbonyl (C=O) groups is 3. The van der Waals surface area contributed by atoms with E-state index < -0.39 is 111 Å². The van der Waals surface area contributed by atoms with Gasteiger partial charge in [0.25, 0.3) is 0 Å². The first kappa shape index (κ1) is 62.1. The standard InChI is InChI=1S/C54H85IN4O17/c1-28-24-52(7,67)46(75-50-43(62)39(57(10)11)22-29(2)71-50)30(3)44(31(4)49(66)76-51(55)54(9,68)45(63)32(5)58(12)26-28)74-41-25-53(8,69-13)47(33(6)72-41)73-40(60)18-20-70-21-19-56-34-14-17-38-36(23-34)42(61)37(48(64)65)27-59(38)35-15-16-35/h14,17,23,27-33,35,39,41,43-47,50-51,56,62-63,67-68H,15-16,18-22,24-26H2,1-13H3,(H,64,65)/t28-,29-,30-,31-,32-,33+,39+,41+,43-,44+,45-,46-,47+,50+,51+,52-,53-,54+/m1/s1. The average Bonchev–Trinajstić information content (AvgIpc) is 4.20. The Bertz CT molecular complexity index is 2370. The second-order valence-corrected chi connectivity index (χ2v) is 24.0. The van der Waals surface area contributed by atoms with Crippen LogP contribution in [0.15, 0.2) is 29.2 Å². The summed E-state index contributed by atoms with van der Waals surface area (Å²) >= 11 is 1.81. The largest absolute Gasteiger partial charge is 0.477 e. The third-order valence-corrected chi connectivity index (χ3v) is 17.6. The van der Waals surface area contributed by atoms with Crippen molar-refractivity contribution in [2.45, 2.75) is 195 Å². The normalized spacial score (nSPS) is 38.5. The van der Waals surface area contributed by atoms with Gasteiger partial charge >= 0.3 is 17.9 Å². The zero-order valence-corrected chi connectivity index (χ0v) is 48.6. The highest BCUT2D eigenvalue weighted by Gasteiger charge is 2.54. The van der Waals surface area contributed by atoms with E-state index in [4.69, 9.17) is 37.9 Å². The molecule has 1 aromatic carbocycles. The zero-order chi connectivity index (χ0) is 56.4. The van der Waals surface area contributed by atoms with Crippen LogP contribution in [-0.2, 0) is 47.5 Å². The number of methoxy groups -OCH3 is 1. The maximum Gasteiger partial charge on any atom is 0.341 e. The van der Waals surface area contributed by atoms with Gasteiger partial charge in [0, 0.05) is 67.9 Å². The van der Waals surface area contributed by atoms with Crippen LogP contribution in [0.4, 0.5) is 5.69 Å². The fourth-order valence-electron chi connectivity index (χ4n) is 11.4. The van der Waals surface area contributed by atoms with Crippen molar-refractivity contribution in [3.05, 3.63) is 40.2 Å². The van der Waals surface area contributed by atoms with Crippen LogP contribution < -0.4 is 10.7 Å². The summed E-state index contributed by atoms with van der Waals surface area (Å²) in [7, 11) is 7.03. The molecule has 0 radical (unpaired) electrons. The highest BCUT2D eigenvalue weighted by molar-refractivity contribution is 14.1. The molecule has 4 aliphatic rings. The van der Waals surface area contributed by atoms with Crippen molar-refractivity contribution in [3.63, 3.8) is 0 Å². The number of cyclic esters (lactones) is 1. The lowest BCUT2D eigenvalue weighted by Gasteiger charge is -2.49. The molecule has 4 heterocycles. The molecule has 1 aromatic heterocycles. The molecular formula is C54H85IN4O17. The topological polar surface area (TPSA) is 267 Å². The maximum absolute atomic E-state index is 14.4. The minimum atomic E-state index is -1.89. The number of hydrogen-bond donors (Lipinski definition) is 6. The lowest BCUT2D eigenvalue weighted by atomic mass is 9.77. The number of aromatic nitrogens is 1. The van der Waals surface area contributed by atoms with Gasteiger partial charge in [-0.1, -0.05) is 13.8 Å². The van der Waals surface area contributed by atoms with E-state index in [1.807, 2.05) is 78.0 Å². The summed E-state index contributed by atoms with van der Waals surface area (Å²) < 4.78 is 50.9. The van der Waals surface area contributed by atoms with E-state index in [0.29, 0.717) is 36.1 Å². The molecule has 21 nitrogen and oxygen atoms in total. The highest BCUT2D eigenvalue weighted by atomic mass is 127. The number of fused-ring (bicyclic) bond motifs is 1. The predicted octanol–water partition coefficient (Wildman–Crippen LogP) is 4.30. The number of carboxylic acid groups (broad SMARTS) is 1. The van der Waals surface area contributed by atoms with Gasteiger partial charge in [0.05, 0.1) is 61.1 Å². The Morgan fingerprint density at radius 1 is 0.961 bits per heavy atom. The van der Waals surface area contributed by atoms with Gasteiger partial charge in [0.2, 0.25) is 5.43 Å². The first-order valence-corrected chi connectivity index (χ1v) is 27.9. The maximum atomic E-state index is 14.4. The number of nitrogens with one attached hydrogen (secondary N) is 1. The Labute approximate surface area is 460 Å². The van der Waals surface area contributed by atoms with E-state index in [1.165, 1.54) is 20.2 Å². The summed E-state index contributed by atoms with van der Waals surface area (Å²) in [4.78, 5) is 56.5. The van der Waals surface area contributed by atoms with Crippen LogP contribution in [-0.4, -0.2) is 201 Å². The molecule has 0 spiro atoms. The predicted molar refractivity (Wildman–Crippen MR) is 289 cm³/mol. The first-order valence-electron chi connectivity index (χ1n) is 26.6. The number of pyridine rings is 1. The highest BCUT2D eigenvalue weighted by Crippen LogP contribution is 2.42. The van der Waals surface area contributed by atoms with Crippen LogP contribution in [0, 0.1) is 17.8 Å². The van der Waals surface area contributed by atoms with Gasteiger partial charge in [-0.05, 0) is 142 Å². The van der Waals surface area contributed by atoms with Crippen LogP contribution in [0.5, 0.6) is 0 Å². The van der Waals surface area contributed by atoms with E-state index in [-0.39, 0.29) is 62.1 Å². The molecule has 18 atom stereocenters. The van der Waals surface area contributed by atoms with Crippen LogP contribution in [0.2, 0.25) is 0 Å². The van der Waals surface area contributed by atoms with E-state index in [2.05, 4.69) is 5.32 Å². The average molecular weight is 1190 g/mol. The number of carboxylic acids is 1. The second-order valence-electron chi connectivity index (χ2n) is 22.9. The van der Waals surface area contributed by atoms with Gasteiger partial charge in [-0.25, -0.2) is 4.79 Å². The van der Waals surface area contributed by atoms with E-state index in [0.717, 1.165) is 12.8 Å². The molecule has 0 unspecified atom stereocenters. The summed E-state index contributed by atoms with van der Waals surface area (Å²) in [6.45, 7) is 16.5. The lowest BCUT2D eigenvalue weighted by Crippen LogP contribution is -2.61. The molecular weight excluding hydrogens is 1100 g/mol. The molecule has 3 aliphatic heterocycles. The number of halogens is 1. The molecule has 0 amide bonds. The number of rotatable bonds is 16. The number of carbonyl (C=O) groups excluding carboxylic acids is 2. The van der Waals surface area contributed by atoms with E-state index in [9.17, 15) is 44.7 Å². The first-order chi connectivity index (χ1) is 35.5. The number of nitrogens with zero attached hydrogens (tertiary/aromatic N) is 3. The summed E-state index contributed by atoms with van der Waals surface area (Å²) in [5.74, 6) is -4.78.